The molecule has 43 heavy (non-hydrogen) atoms. The van der Waals surface area contributed by atoms with E-state index >= 15 is 0 Å². The summed E-state index contributed by atoms with van der Waals surface area (Å²) in [6.45, 7) is 12.0. The summed E-state index contributed by atoms with van der Waals surface area (Å²) in [6, 6.07) is 15.4. The van der Waals surface area contributed by atoms with Gasteiger partial charge in [-0.1, -0.05) is 57.7 Å². The Morgan fingerprint density at radius 1 is 1.12 bits per heavy atom. The zero-order valence-corrected chi connectivity index (χ0v) is 24.6. The fourth-order valence-corrected chi connectivity index (χ4v) is 5.50. The number of piperidine rings is 1. The standard InChI is InChI=1S/C33H35FN8O/c1-20(2)28-19-37-42-30(28)39-33(41-15-12-21(3)13-16-41)40-32(42)36-18-24-7-5-6-8-26(24)29-27-10-9-25(38-31(43)22(4)34)17-23(27)11-14-35-29/h5-11,14,17,19-21H,4,12-13,15-16,18H2,1-3H3,(H,38,43)(H,36,39,40). The van der Waals surface area contributed by atoms with Crippen molar-refractivity contribution in [2.24, 2.45) is 5.92 Å². The molecule has 2 aromatic carbocycles. The number of nitrogens with one attached hydrogen (secondary N) is 2. The van der Waals surface area contributed by atoms with Crippen LogP contribution in [0.1, 0.15) is 50.7 Å². The Balaban J connectivity index is 1.33. The lowest BCUT2D eigenvalue weighted by Crippen LogP contribution is -2.34. The van der Waals surface area contributed by atoms with Gasteiger partial charge in [0.25, 0.3) is 5.91 Å². The minimum atomic E-state index is -1.04. The van der Waals surface area contributed by atoms with Crippen molar-refractivity contribution < 1.29 is 9.18 Å². The molecule has 5 aromatic rings. The second-order valence-corrected chi connectivity index (χ2v) is 11.5. The Labute approximate surface area is 249 Å². The predicted octanol–water partition coefficient (Wildman–Crippen LogP) is 6.73. The number of halogens is 1. The van der Waals surface area contributed by atoms with Gasteiger partial charge >= 0.3 is 0 Å². The number of amides is 1. The molecule has 9 nitrogen and oxygen atoms in total. The number of carbonyl (C=O) groups is 1. The number of hydrogen-bond acceptors (Lipinski definition) is 7. The van der Waals surface area contributed by atoms with Crippen molar-refractivity contribution in [1.82, 2.24) is 24.6 Å². The zero-order valence-electron chi connectivity index (χ0n) is 24.6. The van der Waals surface area contributed by atoms with E-state index in [1.165, 1.54) is 0 Å². The van der Waals surface area contributed by atoms with Crippen LogP contribution in [0.25, 0.3) is 27.7 Å². The molecule has 1 aliphatic rings. The number of aromatic nitrogens is 5. The van der Waals surface area contributed by atoms with Gasteiger partial charge in [-0.25, -0.2) is 4.39 Å². The molecule has 0 bridgehead atoms. The van der Waals surface area contributed by atoms with Crippen LogP contribution >= 0.6 is 0 Å². The normalized spacial score (nSPS) is 14.0. The summed E-state index contributed by atoms with van der Waals surface area (Å²) < 4.78 is 15.0. The number of rotatable bonds is 8. The van der Waals surface area contributed by atoms with E-state index in [1.807, 2.05) is 36.5 Å². The van der Waals surface area contributed by atoms with Crippen molar-refractivity contribution in [3.63, 3.8) is 0 Å². The van der Waals surface area contributed by atoms with Gasteiger partial charge in [0.1, 0.15) is 0 Å². The van der Waals surface area contributed by atoms with Crippen LogP contribution in [0.2, 0.25) is 0 Å². The summed E-state index contributed by atoms with van der Waals surface area (Å²) in [5, 5.41) is 12.5. The fourth-order valence-electron chi connectivity index (χ4n) is 5.50. The molecule has 0 radical (unpaired) electrons. The monoisotopic (exact) mass is 578 g/mol. The first kappa shape index (κ1) is 28.3. The van der Waals surface area contributed by atoms with Gasteiger partial charge in [-0.05, 0) is 53.8 Å². The van der Waals surface area contributed by atoms with Crippen LogP contribution in [-0.2, 0) is 11.3 Å². The maximum absolute atomic E-state index is 13.2. The minimum absolute atomic E-state index is 0.275. The number of hydrogen-bond donors (Lipinski definition) is 2. The first-order valence-electron chi connectivity index (χ1n) is 14.7. The summed E-state index contributed by atoms with van der Waals surface area (Å²) in [5.41, 5.74) is 5.20. The highest BCUT2D eigenvalue weighted by atomic mass is 19.1. The van der Waals surface area contributed by atoms with E-state index in [9.17, 15) is 9.18 Å². The zero-order chi connectivity index (χ0) is 30.1. The average Bonchev–Trinajstić information content (AvgIpc) is 3.45. The van der Waals surface area contributed by atoms with Crippen molar-refractivity contribution in [3.05, 3.63) is 84.5 Å². The molecule has 1 aliphatic heterocycles. The summed E-state index contributed by atoms with van der Waals surface area (Å²) in [7, 11) is 0. The van der Waals surface area contributed by atoms with Gasteiger partial charge in [0.05, 0.1) is 11.9 Å². The predicted molar refractivity (Wildman–Crippen MR) is 169 cm³/mol. The third kappa shape index (κ3) is 5.77. The van der Waals surface area contributed by atoms with Gasteiger partial charge in [0.15, 0.2) is 11.5 Å². The summed E-state index contributed by atoms with van der Waals surface area (Å²) in [4.78, 5) is 28.7. The second kappa shape index (κ2) is 11.8. The second-order valence-electron chi connectivity index (χ2n) is 11.5. The molecule has 1 fully saturated rings. The van der Waals surface area contributed by atoms with Gasteiger partial charge in [-0.3, -0.25) is 9.78 Å². The molecule has 3 aromatic heterocycles. The highest BCUT2D eigenvalue weighted by Gasteiger charge is 2.22. The molecule has 0 atom stereocenters. The maximum Gasteiger partial charge on any atom is 0.283 e. The van der Waals surface area contributed by atoms with E-state index < -0.39 is 11.7 Å². The van der Waals surface area contributed by atoms with Crippen LogP contribution in [-0.4, -0.2) is 43.6 Å². The number of benzene rings is 2. The van der Waals surface area contributed by atoms with Crippen LogP contribution in [0.15, 0.2) is 73.3 Å². The van der Waals surface area contributed by atoms with E-state index in [0.29, 0.717) is 24.1 Å². The minimum Gasteiger partial charge on any atom is -0.350 e. The molecule has 0 aliphatic carbocycles. The Kier molecular flexibility index (Phi) is 7.75. The summed E-state index contributed by atoms with van der Waals surface area (Å²) >= 11 is 0. The number of nitrogens with zero attached hydrogens (tertiary/aromatic N) is 6. The molecule has 0 spiro atoms. The number of pyridine rings is 1. The van der Waals surface area contributed by atoms with Crippen LogP contribution < -0.4 is 15.5 Å². The van der Waals surface area contributed by atoms with Crippen LogP contribution in [0, 0.1) is 5.92 Å². The highest BCUT2D eigenvalue weighted by molar-refractivity contribution is 6.04. The lowest BCUT2D eigenvalue weighted by molar-refractivity contribution is -0.114. The van der Waals surface area contributed by atoms with E-state index in [-0.39, 0.29) is 5.92 Å². The van der Waals surface area contributed by atoms with Gasteiger partial charge in [0, 0.05) is 48.0 Å². The molecular weight excluding hydrogens is 543 g/mol. The fraction of sp³-hybridized carbons (Fsp3) is 0.303. The number of anilines is 3. The maximum atomic E-state index is 13.2. The Morgan fingerprint density at radius 3 is 2.67 bits per heavy atom. The molecule has 1 saturated heterocycles. The van der Waals surface area contributed by atoms with Crippen molar-refractivity contribution in [3.8, 4) is 11.3 Å². The third-order valence-electron chi connectivity index (χ3n) is 8.05. The molecule has 0 saturated carbocycles. The van der Waals surface area contributed by atoms with E-state index in [2.05, 4.69) is 54.0 Å². The lowest BCUT2D eigenvalue weighted by Gasteiger charge is -2.30. The molecule has 0 unspecified atom stereocenters. The molecular formula is C33H35FN8O. The largest absolute Gasteiger partial charge is 0.350 e. The molecule has 220 valence electrons. The smallest absolute Gasteiger partial charge is 0.283 e. The first-order chi connectivity index (χ1) is 20.8. The van der Waals surface area contributed by atoms with Crippen LogP contribution in [0.5, 0.6) is 0 Å². The SMILES string of the molecule is C=C(F)C(=O)Nc1ccc2c(-c3ccccc3CNc3nc(N4CCC(C)CC4)nc4c(C(C)C)cnn34)nccc2c1. The number of carbonyl (C=O) groups excluding carboxylic acids is 1. The topological polar surface area (TPSA) is 100 Å². The molecule has 2 N–H and O–H groups in total. The molecule has 10 heteroatoms. The van der Waals surface area contributed by atoms with Crippen LogP contribution in [0.4, 0.5) is 22.0 Å². The van der Waals surface area contributed by atoms with Gasteiger partial charge in [-0.2, -0.15) is 19.6 Å². The Morgan fingerprint density at radius 2 is 1.91 bits per heavy atom. The van der Waals surface area contributed by atoms with Crippen LogP contribution in [0.3, 0.4) is 0 Å². The van der Waals surface area contributed by atoms with E-state index in [4.69, 9.17) is 15.0 Å². The van der Waals surface area contributed by atoms with Gasteiger partial charge in [-0.15, -0.1) is 0 Å². The van der Waals surface area contributed by atoms with Gasteiger partial charge in [0.2, 0.25) is 11.9 Å². The summed E-state index contributed by atoms with van der Waals surface area (Å²) in [6.07, 6.45) is 5.87. The highest BCUT2D eigenvalue weighted by Crippen LogP contribution is 2.32. The average molecular weight is 579 g/mol. The number of fused-ring (bicyclic) bond motifs is 2. The van der Waals surface area contributed by atoms with Crippen molar-refractivity contribution in [2.75, 3.05) is 28.6 Å². The summed E-state index contributed by atoms with van der Waals surface area (Å²) in [5.74, 6) is 0.454. The Hall–Kier alpha value is -4.86. The van der Waals surface area contributed by atoms with E-state index in [0.717, 1.165) is 70.7 Å². The quantitative estimate of drug-likeness (QED) is 0.197. The van der Waals surface area contributed by atoms with Gasteiger partial charge < -0.3 is 15.5 Å². The third-order valence-corrected chi connectivity index (χ3v) is 8.05. The molecule has 1 amide bonds. The van der Waals surface area contributed by atoms with Crippen molar-refractivity contribution >= 4 is 39.9 Å². The Bertz CT molecular complexity index is 1820. The molecule has 4 heterocycles. The first-order valence-corrected chi connectivity index (χ1v) is 14.7. The molecule has 6 rings (SSSR count). The van der Waals surface area contributed by atoms with Crippen molar-refractivity contribution in [1.29, 1.82) is 0 Å². The lowest BCUT2D eigenvalue weighted by atomic mass is 9.99. The van der Waals surface area contributed by atoms with E-state index in [1.54, 1.807) is 22.8 Å². The van der Waals surface area contributed by atoms with Crippen molar-refractivity contribution in [2.45, 2.75) is 46.1 Å².